The van der Waals surface area contributed by atoms with E-state index in [0.717, 1.165) is 47.4 Å². The largest absolute Gasteiger partial charge is 0.496 e. The zero-order valence-electron chi connectivity index (χ0n) is 20.0. The number of aromatic nitrogens is 2. The van der Waals surface area contributed by atoms with Gasteiger partial charge >= 0.3 is 6.09 Å². The van der Waals surface area contributed by atoms with Crippen molar-refractivity contribution in [2.45, 2.75) is 65.6 Å². The molecule has 174 valence electrons. The Kier molecular flexibility index (Phi) is 7.39. The first-order valence-electron chi connectivity index (χ1n) is 11.2. The standard InChI is InChI=1S/C25H35N3O4/c1-16-10-11-19(21(13-16)31-6)22-17(2)14-20(26-27-22)23(29)18-9-7-8-12-28(15-18)24(30)32-25(3,4)5/h10-11,13-14,18,23,29H,7-9,12,15H2,1-6H3. The number of amides is 1. The van der Waals surface area contributed by atoms with Gasteiger partial charge in [0.15, 0.2) is 0 Å². The highest BCUT2D eigenvalue weighted by Gasteiger charge is 2.31. The normalized spacial score (nSPS) is 18.1. The van der Waals surface area contributed by atoms with Crippen molar-refractivity contribution in [2.24, 2.45) is 5.92 Å². The van der Waals surface area contributed by atoms with Gasteiger partial charge < -0.3 is 19.5 Å². The highest BCUT2D eigenvalue weighted by Crippen LogP contribution is 2.34. The molecule has 32 heavy (non-hydrogen) atoms. The van der Waals surface area contributed by atoms with E-state index in [1.54, 1.807) is 12.0 Å². The Morgan fingerprint density at radius 2 is 1.94 bits per heavy atom. The number of rotatable bonds is 4. The lowest BCUT2D eigenvalue weighted by molar-refractivity contribution is 0.0159. The van der Waals surface area contributed by atoms with E-state index in [4.69, 9.17) is 9.47 Å². The summed E-state index contributed by atoms with van der Waals surface area (Å²) < 4.78 is 11.1. The molecule has 3 rings (SSSR count). The van der Waals surface area contributed by atoms with Crippen LogP contribution in [0.5, 0.6) is 5.75 Å². The number of aliphatic hydroxyl groups is 1. The van der Waals surface area contributed by atoms with Crippen molar-refractivity contribution in [2.75, 3.05) is 20.2 Å². The lowest BCUT2D eigenvalue weighted by Crippen LogP contribution is -2.40. The van der Waals surface area contributed by atoms with Gasteiger partial charge in [-0.3, -0.25) is 0 Å². The van der Waals surface area contributed by atoms with E-state index in [2.05, 4.69) is 10.2 Å². The Bertz CT molecular complexity index is 955. The van der Waals surface area contributed by atoms with Crippen molar-refractivity contribution in [3.05, 3.63) is 41.1 Å². The summed E-state index contributed by atoms with van der Waals surface area (Å²) in [7, 11) is 1.64. The van der Waals surface area contributed by atoms with Gasteiger partial charge in [-0.15, -0.1) is 5.10 Å². The van der Waals surface area contributed by atoms with E-state index in [0.29, 0.717) is 18.8 Å². The van der Waals surface area contributed by atoms with Crippen LogP contribution < -0.4 is 4.74 Å². The molecule has 2 unspecified atom stereocenters. The van der Waals surface area contributed by atoms with Gasteiger partial charge in [0.1, 0.15) is 17.5 Å². The molecule has 1 N–H and O–H groups in total. The minimum Gasteiger partial charge on any atom is -0.496 e. The summed E-state index contributed by atoms with van der Waals surface area (Å²) in [5, 5.41) is 19.9. The fourth-order valence-electron chi connectivity index (χ4n) is 4.08. The summed E-state index contributed by atoms with van der Waals surface area (Å²) in [6, 6.07) is 7.84. The summed E-state index contributed by atoms with van der Waals surface area (Å²) in [6.45, 7) is 10.6. The number of carbonyl (C=O) groups is 1. The number of carbonyl (C=O) groups excluding carboxylic acids is 1. The summed E-state index contributed by atoms with van der Waals surface area (Å²) >= 11 is 0. The molecule has 7 nitrogen and oxygen atoms in total. The number of aliphatic hydroxyl groups excluding tert-OH is 1. The lowest BCUT2D eigenvalue weighted by atomic mass is 9.93. The van der Waals surface area contributed by atoms with Crippen molar-refractivity contribution in [1.82, 2.24) is 15.1 Å². The summed E-state index contributed by atoms with van der Waals surface area (Å²) in [5.74, 6) is 0.617. The van der Waals surface area contributed by atoms with Crippen LogP contribution in [0, 0.1) is 19.8 Å². The third kappa shape index (κ3) is 5.76. The number of likely N-dealkylation sites (tertiary alicyclic amines) is 1. The van der Waals surface area contributed by atoms with E-state index in [9.17, 15) is 9.90 Å². The molecule has 1 aliphatic heterocycles. The predicted octanol–water partition coefficient (Wildman–Crippen LogP) is 4.84. The fourth-order valence-corrected chi connectivity index (χ4v) is 4.08. The molecule has 1 aliphatic rings. The van der Waals surface area contributed by atoms with E-state index in [1.165, 1.54) is 0 Å². The Morgan fingerprint density at radius 1 is 1.19 bits per heavy atom. The molecule has 0 aliphatic carbocycles. The van der Waals surface area contributed by atoms with Gasteiger partial charge in [-0.05, 0) is 76.8 Å². The molecule has 1 aromatic heterocycles. The number of aryl methyl sites for hydroxylation is 2. The zero-order chi connectivity index (χ0) is 23.5. The molecule has 1 saturated heterocycles. The van der Waals surface area contributed by atoms with Crippen LogP contribution in [-0.4, -0.2) is 52.1 Å². The van der Waals surface area contributed by atoms with Crippen molar-refractivity contribution < 1.29 is 19.4 Å². The third-order valence-electron chi connectivity index (χ3n) is 5.72. The maximum atomic E-state index is 12.6. The molecule has 1 amide bonds. The van der Waals surface area contributed by atoms with Crippen molar-refractivity contribution in [3.8, 4) is 17.0 Å². The molecule has 0 radical (unpaired) electrons. The van der Waals surface area contributed by atoms with Gasteiger partial charge in [-0.2, -0.15) is 5.10 Å². The fraction of sp³-hybridized carbons (Fsp3) is 0.560. The Labute approximate surface area is 190 Å². The molecular formula is C25H35N3O4. The Hall–Kier alpha value is -2.67. The molecule has 1 aromatic carbocycles. The number of benzene rings is 1. The smallest absolute Gasteiger partial charge is 0.410 e. The second-order valence-corrected chi connectivity index (χ2v) is 9.63. The Morgan fingerprint density at radius 3 is 2.59 bits per heavy atom. The first-order chi connectivity index (χ1) is 15.1. The van der Waals surface area contributed by atoms with Crippen LogP contribution in [0.15, 0.2) is 24.3 Å². The van der Waals surface area contributed by atoms with Gasteiger partial charge in [0.2, 0.25) is 0 Å². The average Bonchev–Trinajstić information content (AvgIpc) is 2.98. The minimum absolute atomic E-state index is 0.126. The second kappa shape index (κ2) is 9.86. The predicted molar refractivity (Wildman–Crippen MR) is 124 cm³/mol. The quantitative estimate of drug-likeness (QED) is 0.731. The van der Waals surface area contributed by atoms with Gasteiger partial charge in [-0.25, -0.2) is 4.79 Å². The topological polar surface area (TPSA) is 84.8 Å². The van der Waals surface area contributed by atoms with E-state index >= 15 is 0 Å². The SMILES string of the molecule is COc1cc(C)ccc1-c1nnc(C(O)C2CCCCN(C(=O)OC(C)(C)C)C2)cc1C. The molecule has 1 fully saturated rings. The summed E-state index contributed by atoms with van der Waals surface area (Å²) in [5.41, 5.74) is 3.59. The minimum atomic E-state index is -0.807. The van der Waals surface area contributed by atoms with E-state index < -0.39 is 11.7 Å². The van der Waals surface area contributed by atoms with Crippen LogP contribution in [-0.2, 0) is 4.74 Å². The number of methoxy groups -OCH3 is 1. The van der Waals surface area contributed by atoms with Crippen LogP contribution >= 0.6 is 0 Å². The zero-order valence-corrected chi connectivity index (χ0v) is 20.0. The van der Waals surface area contributed by atoms with Crippen molar-refractivity contribution in [3.63, 3.8) is 0 Å². The maximum absolute atomic E-state index is 12.6. The van der Waals surface area contributed by atoms with Gasteiger partial charge in [-0.1, -0.05) is 12.5 Å². The summed E-state index contributed by atoms with van der Waals surface area (Å²) in [6.07, 6.45) is 1.50. The second-order valence-electron chi connectivity index (χ2n) is 9.63. The van der Waals surface area contributed by atoms with Crippen LogP contribution in [0.3, 0.4) is 0 Å². The average molecular weight is 442 g/mol. The molecule has 7 heteroatoms. The van der Waals surface area contributed by atoms with Gasteiger partial charge in [0, 0.05) is 24.6 Å². The highest BCUT2D eigenvalue weighted by atomic mass is 16.6. The first-order valence-corrected chi connectivity index (χ1v) is 11.2. The number of nitrogens with zero attached hydrogens (tertiary/aromatic N) is 3. The molecule has 0 saturated carbocycles. The van der Waals surface area contributed by atoms with Gasteiger partial charge in [0.05, 0.1) is 18.5 Å². The third-order valence-corrected chi connectivity index (χ3v) is 5.72. The van der Waals surface area contributed by atoms with E-state index in [1.807, 2.05) is 58.9 Å². The van der Waals surface area contributed by atoms with Crippen LogP contribution in [0.25, 0.3) is 11.3 Å². The van der Waals surface area contributed by atoms with Crippen LogP contribution in [0.4, 0.5) is 4.79 Å². The molecule has 2 aromatic rings. The monoisotopic (exact) mass is 441 g/mol. The number of hydrogen-bond acceptors (Lipinski definition) is 6. The number of hydrogen-bond donors (Lipinski definition) is 1. The maximum Gasteiger partial charge on any atom is 0.410 e. The van der Waals surface area contributed by atoms with Crippen LogP contribution in [0.1, 0.15) is 63.0 Å². The Balaban J connectivity index is 1.80. The highest BCUT2D eigenvalue weighted by molar-refractivity contribution is 5.70. The van der Waals surface area contributed by atoms with Crippen LogP contribution in [0.2, 0.25) is 0 Å². The lowest BCUT2D eigenvalue weighted by Gasteiger charge is -2.29. The molecular weight excluding hydrogens is 406 g/mol. The van der Waals surface area contributed by atoms with Crippen molar-refractivity contribution >= 4 is 6.09 Å². The number of ether oxygens (including phenoxy) is 2. The van der Waals surface area contributed by atoms with Crippen molar-refractivity contribution in [1.29, 1.82) is 0 Å². The molecule has 2 atom stereocenters. The first kappa shape index (κ1) is 24.0. The molecule has 0 spiro atoms. The van der Waals surface area contributed by atoms with E-state index in [-0.39, 0.29) is 12.0 Å². The summed E-state index contributed by atoms with van der Waals surface area (Å²) in [4.78, 5) is 14.3. The molecule has 2 heterocycles. The molecule has 0 bridgehead atoms. The van der Waals surface area contributed by atoms with Gasteiger partial charge in [0.25, 0.3) is 0 Å².